The van der Waals surface area contributed by atoms with Crippen molar-refractivity contribution in [3.05, 3.63) is 57.0 Å². The number of aliphatic hydroxyl groups is 1. The molecule has 0 spiro atoms. The maximum Gasteiger partial charge on any atom is 0.332 e. The van der Waals surface area contributed by atoms with Crippen LogP contribution in [0.15, 0.2) is 40.2 Å². The second-order valence-electron chi connectivity index (χ2n) is 7.61. The van der Waals surface area contributed by atoms with Crippen LogP contribution in [0.2, 0.25) is 0 Å². The summed E-state index contributed by atoms with van der Waals surface area (Å²) in [6, 6.07) is 6.28. The van der Waals surface area contributed by atoms with Crippen molar-refractivity contribution in [2.24, 2.45) is 20.0 Å². The highest BCUT2D eigenvalue weighted by molar-refractivity contribution is 5.69. The van der Waals surface area contributed by atoms with Gasteiger partial charge in [0, 0.05) is 26.7 Å². The summed E-state index contributed by atoms with van der Waals surface area (Å²) in [7, 11) is 3.05. The minimum absolute atomic E-state index is 0.142. The molecule has 9 heteroatoms. The Bertz CT molecular complexity index is 1110. The van der Waals surface area contributed by atoms with E-state index in [2.05, 4.69) is 10.3 Å². The van der Waals surface area contributed by atoms with E-state index in [-0.39, 0.29) is 23.3 Å². The summed E-state index contributed by atoms with van der Waals surface area (Å²) in [6.07, 6.45) is 0.871. The first kappa shape index (κ1) is 20.8. The number of nitrogens with zero attached hydrogens (tertiary/aromatic N) is 4. The fraction of sp³-hybridized carbons (Fsp3) is 0.450. The highest BCUT2D eigenvalue weighted by Gasteiger charge is 2.19. The molecule has 0 saturated heterocycles. The van der Waals surface area contributed by atoms with E-state index in [9.17, 15) is 19.8 Å². The Kier molecular flexibility index (Phi) is 5.90. The van der Waals surface area contributed by atoms with Crippen molar-refractivity contribution in [1.29, 1.82) is 0 Å². The maximum absolute atomic E-state index is 12.5. The third-order valence-electron chi connectivity index (χ3n) is 5.22. The summed E-state index contributed by atoms with van der Waals surface area (Å²) >= 11 is 0. The molecule has 0 amide bonds. The van der Waals surface area contributed by atoms with Crippen LogP contribution in [0.25, 0.3) is 11.2 Å². The average Bonchev–Trinajstić information content (AvgIpc) is 3.12. The number of hydrogen-bond donors (Lipinski definition) is 3. The molecule has 3 aromatic rings. The van der Waals surface area contributed by atoms with Crippen molar-refractivity contribution in [1.82, 2.24) is 24.0 Å². The molecule has 0 fully saturated rings. The highest BCUT2D eigenvalue weighted by atomic mass is 16.3. The van der Waals surface area contributed by atoms with Crippen molar-refractivity contribution < 1.29 is 10.2 Å². The van der Waals surface area contributed by atoms with Crippen molar-refractivity contribution in [3.8, 4) is 5.75 Å². The predicted molar refractivity (Wildman–Crippen MR) is 110 cm³/mol. The zero-order valence-corrected chi connectivity index (χ0v) is 17.0. The molecule has 3 N–H and O–H groups in total. The van der Waals surface area contributed by atoms with Gasteiger partial charge in [-0.2, -0.15) is 0 Å². The van der Waals surface area contributed by atoms with Gasteiger partial charge in [0.05, 0.1) is 12.4 Å². The van der Waals surface area contributed by atoms with Crippen LogP contribution in [0.3, 0.4) is 0 Å². The fourth-order valence-electron chi connectivity index (χ4n) is 3.39. The van der Waals surface area contributed by atoms with Crippen LogP contribution in [-0.4, -0.2) is 41.5 Å². The minimum Gasteiger partial charge on any atom is -0.508 e. The first-order chi connectivity index (χ1) is 13.7. The van der Waals surface area contributed by atoms with E-state index in [1.807, 2.05) is 13.8 Å². The van der Waals surface area contributed by atoms with Crippen LogP contribution < -0.4 is 16.6 Å². The summed E-state index contributed by atoms with van der Waals surface area (Å²) in [5.41, 5.74) is 0.727. The van der Waals surface area contributed by atoms with Crippen LogP contribution in [-0.2, 0) is 20.6 Å². The number of aromatic nitrogens is 4. The molecule has 3 unspecified atom stereocenters. The van der Waals surface area contributed by atoms with Gasteiger partial charge in [-0.05, 0) is 37.1 Å². The van der Waals surface area contributed by atoms with Crippen LogP contribution in [0.5, 0.6) is 5.75 Å². The first-order valence-corrected chi connectivity index (χ1v) is 9.52. The lowest BCUT2D eigenvalue weighted by Gasteiger charge is -2.23. The van der Waals surface area contributed by atoms with E-state index in [1.165, 1.54) is 11.6 Å². The molecule has 3 atom stereocenters. The summed E-state index contributed by atoms with van der Waals surface area (Å²) in [5, 5.41) is 23.2. The number of aryl methyl sites for hydroxylation is 1. The van der Waals surface area contributed by atoms with Crippen molar-refractivity contribution in [2.45, 2.75) is 32.5 Å². The lowest BCUT2D eigenvalue weighted by atomic mass is 10.0. The fourth-order valence-corrected chi connectivity index (χ4v) is 3.39. The third kappa shape index (κ3) is 4.10. The molecule has 0 saturated carbocycles. The standard InChI is InChI=1S/C20H27N5O4/c1-12(9-21-13(2)17(27)14-5-7-15(26)8-6-14)10-25-11-22-18-16(25)19(28)24(4)20(29)23(18)3/h5-8,11-13,17,21,26-27H,9-10H2,1-4H3. The second-order valence-corrected chi connectivity index (χ2v) is 7.61. The highest BCUT2D eigenvalue weighted by Crippen LogP contribution is 2.19. The predicted octanol–water partition coefficient (Wildman–Crippen LogP) is 0.487. The monoisotopic (exact) mass is 401 g/mol. The van der Waals surface area contributed by atoms with Gasteiger partial charge in [-0.3, -0.25) is 13.9 Å². The van der Waals surface area contributed by atoms with Gasteiger partial charge in [0.15, 0.2) is 11.2 Å². The zero-order chi connectivity index (χ0) is 21.3. The van der Waals surface area contributed by atoms with Gasteiger partial charge in [0.2, 0.25) is 0 Å². The van der Waals surface area contributed by atoms with Gasteiger partial charge < -0.3 is 20.1 Å². The molecule has 2 aromatic heterocycles. The Balaban J connectivity index is 1.68. The van der Waals surface area contributed by atoms with Crippen LogP contribution in [0, 0.1) is 5.92 Å². The smallest absolute Gasteiger partial charge is 0.332 e. The van der Waals surface area contributed by atoms with Gasteiger partial charge in [-0.25, -0.2) is 9.78 Å². The zero-order valence-electron chi connectivity index (χ0n) is 17.0. The van der Waals surface area contributed by atoms with Crippen LogP contribution in [0.1, 0.15) is 25.5 Å². The number of phenolic OH excluding ortho intramolecular Hbond substituents is 1. The molecule has 0 aliphatic heterocycles. The molecule has 9 nitrogen and oxygen atoms in total. The Morgan fingerprint density at radius 1 is 1.10 bits per heavy atom. The van der Waals surface area contributed by atoms with Gasteiger partial charge in [-0.15, -0.1) is 0 Å². The molecule has 1 aromatic carbocycles. The molecule has 0 bridgehead atoms. The molecule has 0 aliphatic rings. The number of aromatic hydroxyl groups is 1. The molecule has 3 rings (SSSR count). The summed E-state index contributed by atoms with van der Waals surface area (Å²) in [4.78, 5) is 28.8. The van der Waals surface area contributed by atoms with Crippen molar-refractivity contribution in [3.63, 3.8) is 0 Å². The topological polar surface area (TPSA) is 114 Å². The quantitative estimate of drug-likeness (QED) is 0.531. The number of aliphatic hydroxyl groups excluding tert-OH is 1. The summed E-state index contributed by atoms with van der Waals surface area (Å²) in [6.45, 7) is 5.08. The number of nitrogens with one attached hydrogen (secondary N) is 1. The number of fused-ring (bicyclic) bond motifs is 1. The van der Waals surface area contributed by atoms with Gasteiger partial charge in [0.1, 0.15) is 5.75 Å². The maximum atomic E-state index is 12.5. The molecule has 156 valence electrons. The number of rotatable bonds is 7. The van der Waals surface area contributed by atoms with Crippen LogP contribution >= 0.6 is 0 Å². The summed E-state index contributed by atoms with van der Waals surface area (Å²) < 4.78 is 4.22. The van der Waals surface area contributed by atoms with E-state index in [1.54, 1.807) is 42.2 Å². The number of phenols is 1. The average molecular weight is 401 g/mol. The Morgan fingerprint density at radius 3 is 2.41 bits per heavy atom. The van der Waals surface area contributed by atoms with E-state index < -0.39 is 11.8 Å². The SMILES string of the molecule is CC(CNC(C)C(O)c1ccc(O)cc1)Cn1cnc2c1c(=O)n(C)c(=O)n2C. The normalized spacial score (nSPS) is 14.8. The van der Waals surface area contributed by atoms with E-state index in [4.69, 9.17) is 0 Å². The molecule has 29 heavy (non-hydrogen) atoms. The van der Waals surface area contributed by atoms with E-state index in [0.29, 0.717) is 24.3 Å². The largest absolute Gasteiger partial charge is 0.508 e. The molecule has 2 heterocycles. The third-order valence-corrected chi connectivity index (χ3v) is 5.22. The lowest BCUT2D eigenvalue weighted by Crippen LogP contribution is -2.38. The van der Waals surface area contributed by atoms with Crippen molar-refractivity contribution >= 4 is 11.2 Å². The van der Waals surface area contributed by atoms with Gasteiger partial charge in [0.25, 0.3) is 5.56 Å². The molecular formula is C20H27N5O4. The van der Waals surface area contributed by atoms with E-state index >= 15 is 0 Å². The Labute approximate surface area is 167 Å². The van der Waals surface area contributed by atoms with E-state index in [0.717, 1.165) is 10.1 Å². The second kappa shape index (κ2) is 8.22. The Hall–Kier alpha value is -2.91. The van der Waals surface area contributed by atoms with Crippen molar-refractivity contribution in [2.75, 3.05) is 6.54 Å². The molecular weight excluding hydrogens is 374 g/mol. The van der Waals surface area contributed by atoms with Gasteiger partial charge >= 0.3 is 5.69 Å². The number of hydrogen-bond acceptors (Lipinski definition) is 6. The number of benzene rings is 1. The minimum atomic E-state index is -0.710. The van der Waals surface area contributed by atoms with Gasteiger partial charge in [-0.1, -0.05) is 19.1 Å². The molecule has 0 radical (unpaired) electrons. The van der Waals surface area contributed by atoms with Crippen LogP contribution in [0.4, 0.5) is 0 Å². The summed E-state index contributed by atoms with van der Waals surface area (Å²) in [5.74, 6) is 0.301. The first-order valence-electron chi connectivity index (χ1n) is 9.52. The Morgan fingerprint density at radius 2 is 1.76 bits per heavy atom. The molecule has 0 aliphatic carbocycles. The lowest BCUT2D eigenvalue weighted by molar-refractivity contribution is 0.133. The number of imidazole rings is 1.